The molecule has 0 radical (unpaired) electrons. The lowest BCUT2D eigenvalue weighted by atomic mass is 10.0. The van der Waals surface area contributed by atoms with Crippen LogP contribution in [-0.2, 0) is 11.3 Å². The molecule has 9 heteroatoms. The van der Waals surface area contributed by atoms with Crippen molar-refractivity contribution in [1.82, 2.24) is 30.2 Å². The molecule has 2 fully saturated rings. The Kier molecular flexibility index (Phi) is 5.53. The minimum Gasteiger partial charge on any atom is -0.383 e. The zero-order valence-electron chi connectivity index (χ0n) is 20.2. The molecule has 1 aliphatic carbocycles. The molecule has 1 saturated carbocycles. The molecule has 0 bridgehead atoms. The molecule has 4 aromatic heterocycles. The third kappa shape index (κ3) is 4.01. The van der Waals surface area contributed by atoms with Crippen molar-refractivity contribution in [2.45, 2.75) is 37.9 Å². The number of ether oxygens (including phenoxy) is 1. The normalized spacial score (nSPS) is 17.7. The molecule has 5 aromatic rings. The lowest BCUT2D eigenvalue weighted by Gasteiger charge is -2.14. The Hall–Kier alpha value is -3.59. The van der Waals surface area contributed by atoms with E-state index in [0.717, 1.165) is 82.2 Å². The molecule has 8 nitrogen and oxygen atoms in total. The van der Waals surface area contributed by atoms with Crippen molar-refractivity contribution < 1.29 is 4.74 Å². The van der Waals surface area contributed by atoms with Gasteiger partial charge in [0, 0.05) is 51.4 Å². The highest BCUT2D eigenvalue weighted by atomic mass is 35.5. The number of hydrogen-bond donors (Lipinski definition) is 3. The topological polar surface area (TPSA) is 115 Å². The number of anilines is 1. The van der Waals surface area contributed by atoms with Gasteiger partial charge in [-0.05, 0) is 49.4 Å². The number of hydrogen-bond acceptors (Lipinski definition) is 7. The average molecular weight is 512 g/mol. The first-order valence-electron chi connectivity index (χ1n) is 12.7. The Morgan fingerprint density at radius 1 is 1.03 bits per heavy atom. The molecule has 37 heavy (non-hydrogen) atoms. The maximum atomic E-state index is 6.63. The SMILES string of the molecule is Nc1nc(-c2ccnc3[nH]c(-c4ccccc4Cl)c(CO[C@H]4CCNC4)c23)nc2cncc(C3CC3)c12. The van der Waals surface area contributed by atoms with Crippen molar-refractivity contribution in [3.63, 3.8) is 0 Å². The van der Waals surface area contributed by atoms with E-state index in [1.807, 2.05) is 36.5 Å². The Morgan fingerprint density at radius 3 is 2.73 bits per heavy atom. The first-order chi connectivity index (χ1) is 18.2. The predicted octanol–water partition coefficient (Wildman–Crippen LogP) is 5.23. The molecule has 0 amide bonds. The first-order valence-corrected chi connectivity index (χ1v) is 13.0. The second kappa shape index (κ2) is 9.06. The minimum absolute atomic E-state index is 0.156. The van der Waals surface area contributed by atoms with Crippen molar-refractivity contribution in [3.8, 4) is 22.6 Å². The van der Waals surface area contributed by atoms with Gasteiger partial charge in [-0.1, -0.05) is 29.8 Å². The summed E-state index contributed by atoms with van der Waals surface area (Å²) < 4.78 is 6.36. The van der Waals surface area contributed by atoms with Gasteiger partial charge in [0.1, 0.15) is 11.5 Å². The van der Waals surface area contributed by atoms with Crippen molar-refractivity contribution in [2.24, 2.45) is 0 Å². The van der Waals surface area contributed by atoms with Gasteiger partial charge in [-0.2, -0.15) is 0 Å². The van der Waals surface area contributed by atoms with Gasteiger partial charge in [0.25, 0.3) is 0 Å². The fraction of sp³-hybridized carbons (Fsp3) is 0.286. The maximum absolute atomic E-state index is 6.63. The number of nitrogens with zero attached hydrogens (tertiary/aromatic N) is 4. The van der Waals surface area contributed by atoms with Gasteiger partial charge in [-0.25, -0.2) is 15.0 Å². The summed E-state index contributed by atoms with van der Waals surface area (Å²) in [5, 5.41) is 5.85. The van der Waals surface area contributed by atoms with Crippen molar-refractivity contribution in [2.75, 3.05) is 18.8 Å². The largest absolute Gasteiger partial charge is 0.383 e. The third-order valence-corrected chi connectivity index (χ3v) is 7.67. The van der Waals surface area contributed by atoms with Gasteiger partial charge in [-0.15, -0.1) is 0 Å². The van der Waals surface area contributed by atoms with Crippen LogP contribution in [0, 0.1) is 0 Å². The second-order valence-electron chi connectivity index (χ2n) is 9.80. The summed E-state index contributed by atoms with van der Waals surface area (Å²) in [6.07, 6.45) is 8.88. The fourth-order valence-electron chi connectivity index (χ4n) is 5.34. The minimum atomic E-state index is 0.156. The van der Waals surface area contributed by atoms with Gasteiger partial charge in [-0.3, -0.25) is 4.98 Å². The molecule has 1 saturated heterocycles. The third-order valence-electron chi connectivity index (χ3n) is 7.34. The molecule has 2 aliphatic rings. The van der Waals surface area contributed by atoms with Crippen LogP contribution in [-0.4, -0.2) is 44.1 Å². The predicted molar refractivity (Wildman–Crippen MR) is 145 cm³/mol. The van der Waals surface area contributed by atoms with E-state index in [1.165, 1.54) is 0 Å². The number of rotatable bonds is 6. The Balaban J connectivity index is 1.42. The summed E-state index contributed by atoms with van der Waals surface area (Å²) in [6.45, 7) is 2.21. The van der Waals surface area contributed by atoms with Gasteiger partial charge in [0.2, 0.25) is 0 Å². The maximum Gasteiger partial charge on any atom is 0.163 e. The quantitative estimate of drug-likeness (QED) is 0.286. The molecule has 186 valence electrons. The van der Waals surface area contributed by atoms with Crippen LogP contribution in [0.3, 0.4) is 0 Å². The van der Waals surface area contributed by atoms with Crippen molar-refractivity contribution in [1.29, 1.82) is 0 Å². The summed E-state index contributed by atoms with van der Waals surface area (Å²) in [5.74, 6) is 1.52. The smallest absolute Gasteiger partial charge is 0.163 e. The first kappa shape index (κ1) is 22.6. The van der Waals surface area contributed by atoms with Crippen LogP contribution in [0.4, 0.5) is 5.82 Å². The average Bonchev–Trinajstić information content (AvgIpc) is 3.50. The van der Waals surface area contributed by atoms with Crippen molar-refractivity contribution >= 4 is 39.4 Å². The van der Waals surface area contributed by atoms with E-state index in [4.69, 9.17) is 32.0 Å². The summed E-state index contributed by atoms with van der Waals surface area (Å²) in [4.78, 5) is 22.3. The van der Waals surface area contributed by atoms with Gasteiger partial charge < -0.3 is 20.8 Å². The molecule has 0 spiro atoms. The molecule has 4 N–H and O–H groups in total. The van der Waals surface area contributed by atoms with Gasteiger partial charge >= 0.3 is 0 Å². The fourth-order valence-corrected chi connectivity index (χ4v) is 5.57. The molecule has 1 aromatic carbocycles. The highest BCUT2D eigenvalue weighted by Crippen LogP contribution is 2.44. The number of benzene rings is 1. The zero-order chi connectivity index (χ0) is 24.9. The Bertz CT molecular complexity index is 1640. The highest BCUT2D eigenvalue weighted by molar-refractivity contribution is 6.33. The molecule has 1 aliphatic heterocycles. The molecule has 1 atom stereocenters. The second-order valence-corrected chi connectivity index (χ2v) is 10.2. The number of nitrogens with two attached hydrogens (primary N) is 1. The summed E-state index contributed by atoms with van der Waals surface area (Å²) in [5.41, 5.74) is 12.8. The summed E-state index contributed by atoms with van der Waals surface area (Å²) >= 11 is 6.63. The van der Waals surface area contributed by atoms with Crippen LogP contribution >= 0.6 is 11.6 Å². The van der Waals surface area contributed by atoms with Crippen LogP contribution in [0.5, 0.6) is 0 Å². The Labute approximate surface area is 218 Å². The number of nitrogens with one attached hydrogen (secondary N) is 2. The van der Waals surface area contributed by atoms with E-state index in [9.17, 15) is 0 Å². The van der Waals surface area contributed by atoms with E-state index < -0.39 is 0 Å². The molecule has 0 unspecified atom stereocenters. The lowest BCUT2D eigenvalue weighted by molar-refractivity contribution is 0.0551. The van der Waals surface area contributed by atoms with Crippen LogP contribution in [0.2, 0.25) is 5.02 Å². The Morgan fingerprint density at radius 2 is 1.92 bits per heavy atom. The summed E-state index contributed by atoms with van der Waals surface area (Å²) in [7, 11) is 0. The monoisotopic (exact) mass is 511 g/mol. The molecular weight excluding hydrogens is 486 g/mol. The van der Waals surface area contributed by atoms with Crippen LogP contribution in [0.1, 0.15) is 36.3 Å². The standard InChI is InChI=1S/C28H26ClN7O/c29-21-4-2-1-3-17(21)25-20(14-37-16-7-9-31-11-16)23-18(8-10-33-28(23)35-25)27-34-22-13-32-12-19(15-5-6-15)24(22)26(30)36-27/h1-4,8,10,12-13,15-16,31H,5-7,9,11,14H2,(H,33,35)(H2,30,34,36)/t16-/m0/s1. The van der Waals surface area contributed by atoms with Crippen LogP contribution < -0.4 is 11.1 Å². The number of halogens is 1. The van der Waals surface area contributed by atoms with E-state index >= 15 is 0 Å². The number of nitrogen functional groups attached to an aromatic ring is 1. The highest BCUT2D eigenvalue weighted by Gasteiger charge is 2.28. The van der Waals surface area contributed by atoms with Gasteiger partial charge in [0.15, 0.2) is 5.82 Å². The number of aromatic nitrogens is 5. The summed E-state index contributed by atoms with van der Waals surface area (Å²) in [6, 6.07) is 9.73. The number of H-pyrrole nitrogens is 1. The van der Waals surface area contributed by atoms with E-state index in [0.29, 0.717) is 29.2 Å². The lowest BCUT2D eigenvalue weighted by Crippen LogP contribution is -2.16. The van der Waals surface area contributed by atoms with E-state index in [-0.39, 0.29) is 6.10 Å². The zero-order valence-corrected chi connectivity index (χ0v) is 20.9. The molecular formula is C28H26ClN7O. The van der Waals surface area contributed by atoms with Crippen molar-refractivity contribution in [3.05, 3.63) is 65.1 Å². The number of fused-ring (bicyclic) bond motifs is 2. The van der Waals surface area contributed by atoms with Crippen LogP contribution in [0.15, 0.2) is 48.9 Å². The number of aromatic amines is 1. The van der Waals surface area contributed by atoms with Crippen LogP contribution in [0.25, 0.3) is 44.6 Å². The van der Waals surface area contributed by atoms with Gasteiger partial charge in [0.05, 0.1) is 30.1 Å². The molecule has 7 rings (SSSR count). The molecule has 5 heterocycles. The number of pyridine rings is 2. The van der Waals surface area contributed by atoms with E-state index in [1.54, 1.807) is 12.4 Å². The van der Waals surface area contributed by atoms with E-state index in [2.05, 4.69) is 20.3 Å².